The van der Waals surface area contributed by atoms with Gasteiger partial charge < -0.3 is 25.9 Å². The van der Waals surface area contributed by atoms with Crippen LogP contribution in [0.4, 0.5) is 11.4 Å². The first-order valence-corrected chi connectivity index (χ1v) is 9.38. The van der Waals surface area contributed by atoms with E-state index in [-0.39, 0.29) is 22.8 Å². The second-order valence-electron chi connectivity index (χ2n) is 6.39. The molecule has 0 heterocycles. The number of aliphatic carboxylic acids is 1. The fraction of sp³-hybridized carbons (Fsp3) is 0.263. The molecule has 9 nitrogen and oxygen atoms in total. The Morgan fingerprint density at radius 2 is 1.86 bits per heavy atom. The lowest BCUT2D eigenvalue weighted by molar-refractivity contribution is -0.742. The topological polar surface area (TPSA) is 146 Å². The van der Waals surface area contributed by atoms with Crippen LogP contribution in [0.25, 0.3) is 0 Å². The Bertz CT molecular complexity index is 863. The molecule has 2 rings (SSSR count). The van der Waals surface area contributed by atoms with Crippen LogP contribution in [0, 0.1) is 10.1 Å². The molecule has 0 fully saturated rings. The minimum Gasteiger partial charge on any atom is -0.544 e. The maximum atomic E-state index is 12.1. The number of hydrogen-bond acceptors (Lipinski definition) is 5. The third-order valence-electron chi connectivity index (χ3n) is 4.18. The van der Waals surface area contributed by atoms with Crippen LogP contribution in [0.3, 0.4) is 0 Å². The van der Waals surface area contributed by atoms with Gasteiger partial charge in [-0.1, -0.05) is 41.9 Å². The average Bonchev–Trinajstić information content (AvgIpc) is 2.68. The van der Waals surface area contributed by atoms with E-state index in [0.29, 0.717) is 13.1 Å². The second kappa shape index (κ2) is 11.1. The van der Waals surface area contributed by atoms with Gasteiger partial charge in [0.25, 0.3) is 5.69 Å². The van der Waals surface area contributed by atoms with Crippen LogP contribution < -0.4 is 21.1 Å². The van der Waals surface area contributed by atoms with E-state index in [2.05, 4.69) is 5.32 Å². The van der Waals surface area contributed by atoms with Gasteiger partial charge in [0, 0.05) is 17.3 Å². The van der Waals surface area contributed by atoms with Gasteiger partial charge in [-0.15, -0.1) is 0 Å². The number of carbonyl (C=O) groups excluding carboxylic acids is 2. The summed E-state index contributed by atoms with van der Waals surface area (Å²) in [5.41, 5.74) is 0.987. The predicted molar refractivity (Wildman–Crippen MR) is 104 cm³/mol. The molecular weight excluding hydrogens is 400 g/mol. The molecular formula is C19H22ClN4O5+. The third-order valence-corrected chi connectivity index (χ3v) is 4.50. The van der Waals surface area contributed by atoms with Crippen molar-refractivity contribution in [3.63, 3.8) is 0 Å². The highest BCUT2D eigenvalue weighted by atomic mass is 35.5. The average molecular weight is 422 g/mol. The van der Waals surface area contributed by atoms with Crippen molar-refractivity contribution in [3.05, 3.63) is 69.2 Å². The van der Waals surface area contributed by atoms with Gasteiger partial charge in [-0.3, -0.25) is 14.9 Å². The van der Waals surface area contributed by atoms with Crippen molar-refractivity contribution in [3.8, 4) is 0 Å². The van der Waals surface area contributed by atoms with E-state index < -0.39 is 22.8 Å². The summed E-state index contributed by atoms with van der Waals surface area (Å²) in [7, 11) is 0. The number of hydrogen-bond donors (Lipinski definition) is 3. The van der Waals surface area contributed by atoms with Crippen molar-refractivity contribution in [1.82, 2.24) is 0 Å². The van der Waals surface area contributed by atoms with Crippen LogP contribution >= 0.6 is 11.6 Å². The minimum absolute atomic E-state index is 0.0549. The number of nitrogens with two attached hydrogens (primary N) is 2. The molecule has 0 saturated heterocycles. The summed E-state index contributed by atoms with van der Waals surface area (Å²) in [6.45, 7) is 1.94. The molecule has 0 radical (unpaired) electrons. The van der Waals surface area contributed by atoms with Crippen LogP contribution in [0.2, 0.25) is 5.02 Å². The van der Waals surface area contributed by atoms with Gasteiger partial charge in [0.15, 0.2) is 0 Å². The number of quaternary nitrogens is 2. The number of anilines is 1. The number of rotatable bonds is 11. The molecule has 1 atom stereocenters. The Morgan fingerprint density at radius 3 is 2.52 bits per heavy atom. The predicted octanol–water partition coefficient (Wildman–Crippen LogP) is -0.978. The molecule has 0 aliphatic rings. The number of nitrogens with one attached hydrogen (secondary N) is 1. The number of benzene rings is 2. The molecule has 0 saturated carbocycles. The number of amides is 1. The van der Waals surface area contributed by atoms with Gasteiger partial charge in [0.05, 0.1) is 17.3 Å². The number of carboxylic acid groups (broad SMARTS) is 1. The fourth-order valence-electron chi connectivity index (χ4n) is 2.70. The molecule has 0 spiro atoms. The van der Waals surface area contributed by atoms with Crippen molar-refractivity contribution >= 4 is 34.9 Å². The number of halogens is 1. The Balaban J connectivity index is 1.80. The first-order valence-electron chi connectivity index (χ1n) is 9.00. The van der Waals surface area contributed by atoms with E-state index in [9.17, 15) is 24.8 Å². The molecule has 0 aromatic heterocycles. The highest BCUT2D eigenvalue weighted by Crippen LogP contribution is 2.27. The maximum Gasteiger partial charge on any atom is 0.289 e. The number of carbonyl (C=O) groups is 2. The largest absolute Gasteiger partial charge is 0.544 e. The van der Waals surface area contributed by atoms with E-state index in [4.69, 9.17) is 11.6 Å². The van der Waals surface area contributed by atoms with Crippen molar-refractivity contribution < 1.29 is 30.3 Å². The minimum atomic E-state index is -1.34. The molecule has 10 heteroatoms. The lowest BCUT2D eigenvalue weighted by Crippen LogP contribution is -2.99. The first-order chi connectivity index (χ1) is 13.9. The standard InChI is InChI=1S/C19H21ClN4O5/c20-15-7-6-14(10-17(15)24(28)29)23-18(25)11-16(19(26)27)22-9-8-21-12-13-4-2-1-3-5-13/h1-7,10,16,21-22H,8-9,11-12H2,(H,23,25)(H,26,27)/p+1/t16-/m1/s1. The molecule has 29 heavy (non-hydrogen) atoms. The van der Waals surface area contributed by atoms with E-state index in [1.165, 1.54) is 17.7 Å². The Morgan fingerprint density at radius 1 is 1.14 bits per heavy atom. The number of nitro benzene ring substituents is 1. The summed E-state index contributed by atoms with van der Waals surface area (Å²) in [5, 5.41) is 28.2. The Hall–Kier alpha value is -3.01. The van der Waals surface area contributed by atoms with Gasteiger partial charge in [-0.05, 0) is 12.1 Å². The quantitative estimate of drug-likeness (QED) is 0.242. The lowest BCUT2D eigenvalue weighted by Gasteiger charge is -2.16. The Labute approximate surface area is 172 Å². The summed E-state index contributed by atoms with van der Waals surface area (Å²) < 4.78 is 0. The van der Waals surface area contributed by atoms with Crippen molar-refractivity contribution in [2.24, 2.45) is 0 Å². The van der Waals surface area contributed by atoms with Crippen molar-refractivity contribution in [2.75, 3.05) is 18.4 Å². The lowest BCUT2D eigenvalue weighted by atomic mass is 10.2. The first kappa shape index (κ1) is 22.3. The zero-order valence-corrected chi connectivity index (χ0v) is 16.3. The van der Waals surface area contributed by atoms with Gasteiger partial charge in [-0.25, -0.2) is 0 Å². The van der Waals surface area contributed by atoms with Crippen LogP contribution in [-0.4, -0.2) is 35.9 Å². The van der Waals surface area contributed by atoms with Gasteiger partial charge >= 0.3 is 0 Å². The monoisotopic (exact) mass is 421 g/mol. The summed E-state index contributed by atoms with van der Waals surface area (Å²) in [6, 6.07) is 12.6. The summed E-state index contributed by atoms with van der Waals surface area (Å²) in [6.07, 6.45) is -0.322. The second-order valence-corrected chi connectivity index (χ2v) is 6.80. The van der Waals surface area contributed by atoms with Gasteiger partial charge in [0.2, 0.25) is 5.91 Å². The van der Waals surface area contributed by atoms with Gasteiger partial charge in [0.1, 0.15) is 30.7 Å². The molecule has 5 N–H and O–H groups in total. The van der Waals surface area contributed by atoms with Crippen LogP contribution in [0.15, 0.2) is 48.5 Å². The number of nitro groups is 1. The Kier molecular flexibility index (Phi) is 8.53. The molecule has 0 aliphatic heterocycles. The molecule has 2 aromatic rings. The molecule has 1 amide bonds. The van der Waals surface area contributed by atoms with Crippen LogP contribution in [0.5, 0.6) is 0 Å². The summed E-state index contributed by atoms with van der Waals surface area (Å²) >= 11 is 5.73. The summed E-state index contributed by atoms with van der Waals surface area (Å²) in [4.78, 5) is 33.7. The molecule has 2 aromatic carbocycles. The fourth-order valence-corrected chi connectivity index (χ4v) is 2.89. The number of carboxylic acids is 1. The highest BCUT2D eigenvalue weighted by molar-refractivity contribution is 6.32. The van der Waals surface area contributed by atoms with Crippen LogP contribution in [0.1, 0.15) is 12.0 Å². The van der Waals surface area contributed by atoms with E-state index >= 15 is 0 Å². The van der Waals surface area contributed by atoms with Gasteiger partial charge in [-0.2, -0.15) is 0 Å². The summed E-state index contributed by atoms with van der Waals surface area (Å²) in [5.74, 6) is -1.93. The van der Waals surface area contributed by atoms with Crippen molar-refractivity contribution in [1.29, 1.82) is 0 Å². The van der Waals surface area contributed by atoms with Crippen molar-refractivity contribution in [2.45, 2.75) is 19.0 Å². The van der Waals surface area contributed by atoms with E-state index in [1.807, 2.05) is 35.6 Å². The normalized spacial score (nSPS) is 11.6. The highest BCUT2D eigenvalue weighted by Gasteiger charge is 2.20. The van der Waals surface area contributed by atoms with E-state index in [1.54, 1.807) is 5.32 Å². The molecule has 0 aliphatic carbocycles. The maximum absolute atomic E-state index is 12.1. The molecule has 0 unspecified atom stereocenters. The zero-order valence-electron chi connectivity index (χ0n) is 15.5. The zero-order chi connectivity index (χ0) is 21.2. The van der Waals surface area contributed by atoms with E-state index in [0.717, 1.165) is 12.6 Å². The van der Waals surface area contributed by atoms with Crippen LogP contribution in [-0.2, 0) is 16.1 Å². The number of nitrogens with zero attached hydrogens (tertiary/aromatic N) is 1. The SMILES string of the molecule is O=C(C[C@@H]([NH2+]CC[NH2+]Cc1ccccc1)C(=O)[O-])Nc1ccc(Cl)c([N+](=O)[O-])c1. The third kappa shape index (κ3) is 7.49. The molecule has 0 bridgehead atoms. The molecule has 154 valence electrons. The smallest absolute Gasteiger partial charge is 0.289 e.